The molecule has 1 aliphatic rings. The number of amides is 1. The predicted octanol–water partition coefficient (Wildman–Crippen LogP) is 4.28. The van der Waals surface area contributed by atoms with Crippen LogP contribution in [0.3, 0.4) is 0 Å². The third-order valence-corrected chi connectivity index (χ3v) is 5.19. The summed E-state index contributed by atoms with van der Waals surface area (Å²) in [6, 6.07) is 6.99. The van der Waals surface area contributed by atoms with E-state index in [2.05, 4.69) is 4.99 Å². The van der Waals surface area contributed by atoms with E-state index in [1.807, 2.05) is 19.1 Å². The van der Waals surface area contributed by atoms with E-state index in [4.69, 9.17) is 34.8 Å². The standard InChI is InChI=1S/C16H14Cl3NO2/c1-8-4-6-10(7-5-8)15(22)20-12-9(2)11(17)14(21)16(3,19)13(12)18/h4-7,13H,1-3H3. The van der Waals surface area contributed by atoms with Crippen LogP contribution in [0.5, 0.6) is 0 Å². The Bertz CT molecular complexity index is 703. The molecule has 22 heavy (non-hydrogen) atoms. The largest absolute Gasteiger partial charge is 0.291 e. The van der Waals surface area contributed by atoms with Crippen molar-refractivity contribution >= 4 is 52.2 Å². The van der Waals surface area contributed by atoms with Gasteiger partial charge in [-0.25, -0.2) is 4.99 Å². The monoisotopic (exact) mass is 357 g/mol. The van der Waals surface area contributed by atoms with Gasteiger partial charge in [0.05, 0.1) is 10.7 Å². The van der Waals surface area contributed by atoms with Crippen LogP contribution in [0.1, 0.15) is 29.8 Å². The highest BCUT2D eigenvalue weighted by molar-refractivity contribution is 6.59. The van der Waals surface area contributed by atoms with E-state index in [1.54, 1.807) is 19.1 Å². The Hall–Kier alpha value is -1.16. The molecule has 1 aromatic carbocycles. The molecule has 1 aromatic rings. The molecule has 0 aliphatic heterocycles. The summed E-state index contributed by atoms with van der Waals surface area (Å²) in [5.74, 6) is -0.915. The smallest absolute Gasteiger partial charge is 0.277 e. The molecule has 0 saturated heterocycles. The number of halogens is 3. The third kappa shape index (κ3) is 2.98. The highest BCUT2D eigenvalue weighted by atomic mass is 35.5. The topological polar surface area (TPSA) is 46.5 Å². The van der Waals surface area contributed by atoms with E-state index in [0.29, 0.717) is 11.1 Å². The maximum Gasteiger partial charge on any atom is 0.277 e. The number of Topliss-reactive ketones (excluding diaryl/α,β-unsaturated/α-hetero) is 1. The van der Waals surface area contributed by atoms with Gasteiger partial charge in [-0.15, -0.1) is 23.2 Å². The normalized spacial score (nSPS) is 27.5. The Kier molecular flexibility index (Phi) is 4.81. The summed E-state index contributed by atoms with van der Waals surface area (Å²) in [7, 11) is 0. The molecular weight excluding hydrogens is 345 g/mol. The van der Waals surface area contributed by atoms with Gasteiger partial charge in [-0.05, 0) is 38.5 Å². The first kappa shape index (κ1) is 17.2. The highest BCUT2D eigenvalue weighted by Gasteiger charge is 2.47. The number of hydrogen-bond acceptors (Lipinski definition) is 2. The molecule has 0 heterocycles. The van der Waals surface area contributed by atoms with Crippen molar-refractivity contribution in [1.29, 1.82) is 0 Å². The van der Waals surface area contributed by atoms with Gasteiger partial charge in [0, 0.05) is 5.56 Å². The van der Waals surface area contributed by atoms with E-state index in [1.165, 1.54) is 6.92 Å². The Balaban J connectivity index is 2.47. The van der Waals surface area contributed by atoms with Crippen molar-refractivity contribution in [3.05, 3.63) is 46.0 Å². The zero-order valence-corrected chi connectivity index (χ0v) is 14.6. The molecule has 116 valence electrons. The Morgan fingerprint density at radius 3 is 2.32 bits per heavy atom. The van der Waals surface area contributed by atoms with Crippen LogP contribution in [0.2, 0.25) is 0 Å². The lowest BCUT2D eigenvalue weighted by Gasteiger charge is -2.32. The van der Waals surface area contributed by atoms with E-state index in [0.717, 1.165) is 5.56 Å². The molecule has 0 aromatic heterocycles. The molecule has 0 fully saturated rings. The number of ketones is 1. The molecule has 0 saturated carbocycles. The minimum absolute atomic E-state index is 0.0372. The summed E-state index contributed by atoms with van der Waals surface area (Å²) >= 11 is 18.5. The second-order valence-corrected chi connectivity index (χ2v) is 6.97. The molecule has 2 unspecified atom stereocenters. The quantitative estimate of drug-likeness (QED) is 0.704. The van der Waals surface area contributed by atoms with Crippen LogP contribution in [0.4, 0.5) is 0 Å². The number of carbonyl (C=O) groups is 2. The number of alkyl halides is 2. The molecule has 0 bridgehead atoms. The number of aryl methyl sites for hydroxylation is 1. The number of carbonyl (C=O) groups excluding carboxylic acids is 2. The molecule has 2 atom stereocenters. The van der Waals surface area contributed by atoms with Crippen molar-refractivity contribution in [3.8, 4) is 0 Å². The van der Waals surface area contributed by atoms with Crippen LogP contribution in [0, 0.1) is 6.92 Å². The molecule has 1 amide bonds. The van der Waals surface area contributed by atoms with Crippen molar-refractivity contribution in [2.24, 2.45) is 4.99 Å². The van der Waals surface area contributed by atoms with Crippen molar-refractivity contribution in [3.63, 3.8) is 0 Å². The summed E-state index contributed by atoms with van der Waals surface area (Å²) in [6.07, 6.45) is 0. The van der Waals surface area contributed by atoms with Crippen LogP contribution in [0.25, 0.3) is 0 Å². The molecule has 0 radical (unpaired) electrons. The van der Waals surface area contributed by atoms with Gasteiger partial charge in [0.1, 0.15) is 10.3 Å². The molecule has 1 aliphatic carbocycles. The lowest BCUT2D eigenvalue weighted by molar-refractivity contribution is -0.117. The number of allylic oxidation sites excluding steroid dienone is 2. The predicted molar refractivity (Wildman–Crippen MR) is 90.4 cm³/mol. The lowest BCUT2D eigenvalue weighted by Crippen LogP contribution is -2.48. The van der Waals surface area contributed by atoms with E-state index in [-0.39, 0.29) is 10.7 Å². The van der Waals surface area contributed by atoms with Gasteiger partial charge in [0.2, 0.25) is 0 Å². The van der Waals surface area contributed by atoms with Gasteiger partial charge < -0.3 is 0 Å². The minimum Gasteiger partial charge on any atom is -0.291 e. The van der Waals surface area contributed by atoms with Crippen LogP contribution in [-0.4, -0.2) is 27.7 Å². The Morgan fingerprint density at radius 2 is 1.77 bits per heavy atom. The van der Waals surface area contributed by atoms with Crippen molar-refractivity contribution in [1.82, 2.24) is 0 Å². The van der Waals surface area contributed by atoms with Gasteiger partial charge in [-0.1, -0.05) is 29.3 Å². The SMILES string of the molecule is CC1=C(Cl)C(=O)C(C)(Cl)C(Cl)C1=NC(=O)c1ccc(C)cc1. The maximum atomic E-state index is 12.3. The maximum absolute atomic E-state index is 12.3. The number of rotatable bonds is 1. The number of aliphatic imine (C=N–C) groups is 1. The number of benzene rings is 1. The summed E-state index contributed by atoms with van der Waals surface area (Å²) < 4.78 is 0. The molecule has 3 nitrogen and oxygen atoms in total. The number of hydrogen-bond donors (Lipinski definition) is 0. The second kappa shape index (κ2) is 6.15. The van der Waals surface area contributed by atoms with Crippen molar-refractivity contribution in [2.45, 2.75) is 31.0 Å². The van der Waals surface area contributed by atoms with Gasteiger partial charge >= 0.3 is 0 Å². The molecule has 2 rings (SSSR count). The third-order valence-electron chi connectivity index (χ3n) is 3.59. The van der Waals surface area contributed by atoms with Crippen molar-refractivity contribution in [2.75, 3.05) is 0 Å². The molecular formula is C16H14Cl3NO2. The first-order chi connectivity index (χ1) is 10.2. The number of nitrogens with zero attached hydrogens (tertiary/aromatic N) is 1. The fourth-order valence-corrected chi connectivity index (χ4v) is 2.92. The average molecular weight is 359 g/mol. The Labute approximate surface area is 144 Å². The first-order valence-corrected chi connectivity index (χ1v) is 7.79. The summed E-state index contributed by atoms with van der Waals surface area (Å²) in [5, 5.41) is -0.969. The van der Waals surface area contributed by atoms with Crippen molar-refractivity contribution < 1.29 is 9.59 Å². The second-order valence-electron chi connectivity index (χ2n) is 5.37. The van der Waals surface area contributed by atoms with Crippen LogP contribution >= 0.6 is 34.8 Å². The van der Waals surface area contributed by atoms with Gasteiger partial charge in [-0.3, -0.25) is 9.59 Å². The zero-order valence-electron chi connectivity index (χ0n) is 12.3. The fourth-order valence-electron chi connectivity index (χ4n) is 2.07. The fraction of sp³-hybridized carbons (Fsp3) is 0.312. The summed E-state index contributed by atoms with van der Waals surface area (Å²) in [4.78, 5) is 27.0. The van der Waals surface area contributed by atoms with E-state index >= 15 is 0 Å². The molecule has 0 spiro atoms. The van der Waals surface area contributed by atoms with E-state index in [9.17, 15) is 9.59 Å². The van der Waals surface area contributed by atoms with Gasteiger partial charge in [0.15, 0.2) is 5.78 Å². The molecule has 6 heteroatoms. The average Bonchev–Trinajstić information content (AvgIpc) is 2.49. The minimum atomic E-state index is -1.43. The summed E-state index contributed by atoms with van der Waals surface area (Å²) in [6.45, 7) is 4.99. The first-order valence-electron chi connectivity index (χ1n) is 6.60. The van der Waals surface area contributed by atoms with Gasteiger partial charge in [0.25, 0.3) is 5.91 Å². The molecule has 0 N–H and O–H groups in total. The van der Waals surface area contributed by atoms with Crippen LogP contribution in [-0.2, 0) is 4.79 Å². The zero-order chi connectivity index (χ0) is 16.7. The highest BCUT2D eigenvalue weighted by Crippen LogP contribution is 2.38. The van der Waals surface area contributed by atoms with Crippen LogP contribution < -0.4 is 0 Å². The van der Waals surface area contributed by atoms with Gasteiger partial charge in [-0.2, -0.15) is 0 Å². The van der Waals surface area contributed by atoms with Crippen LogP contribution in [0.15, 0.2) is 39.9 Å². The Morgan fingerprint density at radius 1 is 1.23 bits per heavy atom. The summed E-state index contributed by atoms with van der Waals surface area (Å²) in [5.41, 5.74) is 2.08. The lowest BCUT2D eigenvalue weighted by atomic mass is 9.87. The van der Waals surface area contributed by atoms with E-state index < -0.39 is 21.9 Å².